The summed E-state index contributed by atoms with van der Waals surface area (Å²) < 4.78 is 0. The Kier molecular flexibility index (Phi) is 3.54. The Balaban J connectivity index is 2.32. The van der Waals surface area contributed by atoms with Crippen LogP contribution in [0.15, 0.2) is 23.9 Å². The molecule has 1 fully saturated rings. The lowest BCUT2D eigenvalue weighted by Crippen LogP contribution is -2.30. The average Bonchev–Trinajstić information content (AvgIpc) is 2.59. The highest BCUT2D eigenvalue weighted by Gasteiger charge is 2.28. The first-order valence-corrected chi connectivity index (χ1v) is 6.14. The molecule has 1 heterocycles. The smallest absolute Gasteiger partial charge is 0.276 e. The number of benzene rings is 1. The molecular formula is C12H11ClN2O2S. The third-order valence-electron chi connectivity index (χ3n) is 2.56. The van der Waals surface area contributed by atoms with Crippen LogP contribution >= 0.6 is 23.8 Å². The van der Waals surface area contributed by atoms with E-state index in [0.29, 0.717) is 17.4 Å². The van der Waals surface area contributed by atoms with Crippen LogP contribution in [0.2, 0.25) is 5.02 Å². The molecule has 18 heavy (non-hydrogen) atoms. The Morgan fingerprint density at radius 1 is 1.56 bits per heavy atom. The normalized spacial score (nSPS) is 17.4. The Morgan fingerprint density at radius 2 is 2.28 bits per heavy atom. The Labute approximate surface area is 115 Å². The van der Waals surface area contributed by atoms with E-state index >= 15 is 0 Å². The zero-order valence-electron chi connectivity index (χ0n) is 9.61. The molecule has 6 heteroatoms. The second-order valence-corrected chi connectivity index (χ2v) is 4.54. The highest BCUT2D eigenvalue weighted by atomic mass is 35.5. The lowest BCUT2D eigenvalue weighted by atomic mass is 10.2. The Morgan fingerprint density at radius 3 is 2.83 bits per heavy atom. The van der Waals surface area contributed by atoms with E-state index in [4.69, 9.17) is 23.8 Å². The van der Waals surface area contributed by atoms with Crippen molar-refractivity contribution in [2.45, 2.75) is 6.92 Å². The van der Waals surface area contributed by atoms with Gasteiger partial charge in [0.15, 0.2) is 5.11 Å². The molecule has 0 saturated carbocycles. The molecule has 1 aromatic rings. The number of phenolic OH excluding ortho intramolecular Hbond substituents is 1. The SMILES string of the molecule is CCN1C(=O)C(=Cc2ccc(O)c(Cl)c2)NC1=S. The average molecular weight is 283 g/mol. The maximum Gasteiger partial charge on any atom is 0.276 e. The topological polar surface area (TPSA) is 52.6 Å². The van der Waals surface area contributed by atoms with E-state index in [-0.39, 0.29) is 16.7 Å². The molecule has 4 nitrogen and oxygen atoms in total. The summed E-state index contributed by atoms with van der Waals surface area (Å²) in [4.78, 5) is 13.4. The van der Waals surface area contributed by atoms with E-state index in [9.17, 15) is 9.90 Å². The summed E-state index contributed by atoms with van der Waals surface area (Å²) in [6.07, 6.45) is 1.65. The van der Waals surface area contributed by atoms with Crippen LogP contribution in [0.25, 0.3) is 6.08 Å². The number of likely N-dealkylation sites (N-methyl/N-ethyl adjacent to an activating group) is 1. The van der Waals surface area contributed by atoms with Crippen LogP contribution in [-0.4, -0.2) is 27.6 Å². The molecule has 1 aromatic carbocycles. The van der Waals surface area contributed by atoms with Crippen molar-refractivity contribution in [3.05, 3.63) is 34.5 Å². The number of thiocarbonyl (C=S) groups is 1. The van der Waals surface area contributed by atoms with E-state index < -0.39 is 0 Å². The zero-order chi connectivity index (χ0) is 13.3. The fourth-order valence-electron chi connectivity index (χ4n) is 1.64. The second-order valence-electron chi connectivity index (χ2n) is 3.75. The first kappa shape index (κ1) is 12.9. The van der Waals surface area contributed by atoms with Crippen LogP contribution in [0.3, 0.4) is 0 Å². The monoisotopic (exact) mass is 282 g/mol. The molecule has 1 amide bonds. The number of carbonyl (C=O) groups is 1. The zero-order valence-corrected chi connectivity index (χ0v) is 11.2. The Hall–Kier alpha value is -1.59. The van der Waals surface area contributed by atoms with Crippen LogP contribution in [-0.2, 0) is 4.79 Å². The minimum Gasteiger partial charge on any atom is -0.506 e. The highest BCUT2D eigenvalue weighted by Crippen LogP contribution is 2.25. The molecule has 0 atom stereocenters. The number of carbonyl (C=O) groups excluding carboxylic acids is 1. The summed E-state index contributed by atoms with van der Waals surface area (Å²) in [7, 11) is 0. The van der Waals surface area contributed by atoms with Gasteiger partial charge in [-0.2, -0.15) is 0 Å². The van der Waals surface area contributed by atoms with Crippen LogP contribution in [0.1, 0.15) is 12.5 Å². The van der Waals surface area contributed by atoms with Crippen molar-refractivity contribution in [1.82, 2.24) is 10.2 Å². The molecule has 2 rings (SSSR count). The van der Waals surface area contributed by atoms with E-state index in [0.717, 1.165) is 5.56 Å². The molecule has 2 N–H and O–H groups in total. The molecular weight excluding hydrogens is 272 g/mol. The summed E-state index contributed by atoms with van der Waals surface area (Å²) in [5, 5.41) is 12.8. The van der Waals surface area contributed by atoms with Gasteiger partial charge >= 0.3 is 0 Å². The number of halogens is 1. The first-order valence-electron chi connectivity index (χ1n) is 5.36. The van der Waals surface area contributed by atoms with E-state index in [1.165, 1.54) is 11.0 Å². The number of hydrogen-bond donors (Lipinski definition) is 2. The number of nitrogens with one attached hydrogen (secondary N) is 1. The summed E-state index contributed by atoms with van der Waals surface area (Å²) in [6.45, 7) is 2.38. The van der Waals surface area contributed by atoms with Crippen LogP contribution in [0, 0.1) is 0 Å². The number of nitrogens with zero attached hydrogens (tertiary/aromatic N) is 1. The summed E-state index contributed by atoms with van der Waals surface area (Å²) in [6, 6.07) is 4.72. The van der Waals surface area contributed by atoms with E-state index in [1.807, 2.05) is 6.92 Å². The van der Waals surface area contributed by atoms with E-state index in [1.54, 1.807) is 18.2 Å². The number of hydrogen-bond acceptors (Lipinski definition) is 3. The molecule has 1 aliphatic heterocycles. The van der Waals surface area contributed by atoms with Crippen LogP contribution in [0.5, 0.6) is 5.75 Å². The number of rotatable bonds is 2. The fraction of sp³-hybridized carbons (Fsp3) is 0.167. The van der Waals surface area contributed by atoms with Gasteiger partial charge in [0.2, 0.25) is 0 Å². The Bertz CT molecular complexity index is 557. The lowest BCUT2D eigenvalue weighted by Gasteiger charge is -2.08. The third-order valence-corrected chi connectivity index (χ3v) is 3.19. The molecule has 0 spiro atoms. The van der Waals surface area contributed by atoms with Gasteiger partial charge in [0.1, 0.15) is 11.4 Å². The summed E-state index contributed by atoms with van der Waals surface area (Å²) in [5.74, 6) is -0.151. The van der Waals surface area contributed by atoms with Crippen molar-refractivity contribution in [3.8, 4) is 5.75 Å². The van der Waals surface area contributed by atoms with Crippen molar-refractivity contribution in [1.29, 1.82) is 0 Å². The standard InChI is InChI=1S/C12H11ClN2O2S/c1-2-15-11(17)9(14-12(15)18)6-7-3-4-10(16)8(13)5-7/h3-6,16H,2H2,1H3,(H,14,18). The second kappa shape index (κ2) is 4.96. The molecule has 94 valence electrons. The molecule has 0 bridgehead atoms. The van der Waals surface area contributed by atoms with Gasteiger partial charge in [-0.3, -0.25) is 9.69 Å². The minimum atomic E-state index is -0.160. The van der Waals surface area contributed by atoms with E-state index in [2.05, 4.69) is 5.32 Å². The molecule has 0 aromatic heterocycles. The quantitative estimate of drug-likeness (QED) is 0.644. The van der Waals surface area contributed by atoms with Crippen molar-refractivity contribution < 1.29 is 9.90 Å². The predicted molar refractivity (Wildman–Crippen MR) is 74.2 cm³/mol. The van der Waals surface area contributed by atoms with Gasteiger partial charge in [0, 0.05) is 6.54 Å². The van der Waals surface area contributed by atoms with Gasteiger partial charge in [-0.15, -0.1) is 0 Å². The van der Waals surface area contributed by atoms with Gasteiger partial charge in [-0.1, -0.05) is 17.7 Å². The molecule has 0 unspecified atom stereocenters. The molecule has 0 aliphatic carbocycles. The maximum atomic E-state index is 11.9. The van der Waals surface area contributed by atoms with Gasteiger partial charge in [0.25, 0.3) is 5.91 Å². The highest BCUT2D eigenvalue weighted by molar-refractivity contribution is 7.80. The summed E-state index contributed by atoms with van der Waals surface area (Å²) in [5.41, 5.74) is 1.12. The fourth-order valence-corrected chi connectivity index (χ4v) is 2.15. The summed E-state index contributed by atoms with van der Waals surface area (Å²) >= 11 is 10.8. The van der Waals surface area contributed by atoms with Crippen LogP contribution in [0.4, 0.5) is 0 Å². The predicted octanol–water partition coefficient (Wildman–Crippen LogP) is 2.12. The van der Waals surface area contributed by atoms with Gasteiger partial charge in [-0.25, -0.2) is 0 Å². The van der Waals surface area contributed by atoms with Gasteiger partial charge in [0.05, 0.1) is 5.02 Å². The largest absolute Gasteiger partial charge is 0.506 e. The minimum absolute atomic E-state index is 0.00947. The number of aromatic hydroxyl groups is 1. The first-order chi connectivity index (χ1) is 8.52. The van der Waals surface area contributed by atoms with Crippen molar-refractivity contribution >= 4 is 40.9 Å². The molecule has 1 aliphatic rings. The number of amides is 1. The van der Waals surface area contributed by atoms with Crippen LogP contribution < -0.4 is 5.32 Å². The van der Waals surface area contributed by atoms with Gasteiger partial charge < -0.3 is 10.4 Å². The van der Waals surface area contributed by atoms with Crippen molar-refractivity contribution in [2.24, 2.45) is 0 Å². The molecule has 0 radical (unpaired) electrons. The molecule has 1 saturated heterocycles. The maximum absolute atomic E-state index is 11.9. The van der Waals surface area contributed by atoms with Gasteiger partial charge in [-0.05, 0) is 42.9 Å². The van der Waals surface area contributed by atoms with Crippen molar-refractivity contribution in [2.75, 3.05) is 6.54 Å². The third kappa shape index (κ3) is 2.32. The van der Waals surface area contributed by atoms with Crippen molar-refractivity contribution in [3.63, 3.8) is 0 Å². The number of phenols is 1. The lowest BCUT2D eigenvalue weighted by molar-refractivity contribution is -0.122.